The number of aromatic nitrogens is 2. The zero-order valence-electron chi connectivity index (χ0n) is 10.4. The number of anilines is 2. The van der Waals surface area contributed by atoms with E-state index in [1.165, 1.54) is 0 Å². The number of hydrogen-bond acceptors (Lipinski definition) is 4. The molecule has 0 atom stereocenters. The predicted octanol–water partition coefficient (Wildman–Crippen LogP) is 2.56. The summed E-state index contributed by atoms with van der Waals surface area (Å²) in [6.45, 7) is 6.66. The molecular formula is C12H18N4O. The standard InChI is InChI=1S/C12H18N4O/c1-8(2)16-12(11(13)9(3)15-16)14-7-10-5-4-6-17-10/h4-6,8,14H,7,13H2,1-3H3. The minimum absolute atomic E-state index is 0.269. The molecule has 0 spiro atoms. The second kappa shape index (κ2) is 4.53. The first kappa shape index (κ1) is 11.6. The maximum Gasteiger partial charge on any atom is 0.148 e. The number of nitrogen functional groups attached to an aromatic ring is 1. The first-order valence-corrected chi connectivity index (χ1v) is 5.70. The molecule has 0 saturated heterocycles. The van der Waals surface area contributed by atoms with Crippen LogP contribution < -0.4 is 11.1 Å². The molecule has 0 amide bonds. The third-order valence-corrected chi connectivity index (χ3v) is 2.63. The molecule has 0 aromatic carbocycles. The molecule has 3 N–H and O–H groups in total. The predicted molar refractivity (Wildman–Crippen MR) is 67.8 cm³/mol. The molecule has 2 aromatic rings. The lowest BCUT2D eigenvalue weighted by molar-refractivity contribution is 0.510. The van der Waals surface area contributed by atoms with Gasteiger partial charge in [-0.1, -0.05) is 0 Å². The Balaban J connectivity index is 2.19. The van der Waals surface area contributed by atoms with Crippen molar-refractivity contribution in [1.82, 2.24) is 9.78 Å². The normalized spacial score (nSPS) is 11.1. The van der Waals surface area contributed by atoms with Gasteiger partial charge in [-0.2, -0.15) is 5.10 Å². The number of nitrogens with two attached hydrogens (primary N) is 1. The molecule has 2 rings (SSSR count). The van der Waals surface area contributed by atoms with Gasteiger partial charge in [0.25, 0.3) is 0 Å². The topological polar surface area (TPSA) is 69.0 Å². The van der Waals surface area contributed by atoms with E-state index in [1.807, 2.05) is 23.7 Å². The molecule has 5 heteroatoms. The van der Waals surface area contributed by atoms with Gasteiger partial charge in [0.2, 0.25) is 0 Å². The van der Waals surface area contributed by atoms with E-state index in [0.29, 0.717) is 12.2 Å². The van der Waals surface area contributed by atoms with Crippen LogP contribution in [0.2, 0.25) is 0 Å². The lowest BCUT2D eigenvalue weighted by Crippen LogP contribution is -2.10. The van der Waals surface area contributed by atoms with Crippen molar-refractivity contribution < 1.29 is 4.42 Å². The monoisotopic (exact) mass is 234 g/mol. The summed E-state index contributed by atoms with van der Waals surface area (Å²) < 4.78 is 7.17. The van der Waals surface area contributed by atoms with E-state index >= 15 is 0 Å². The molecule has 5 nitrogen and oxygen atoms in total. The van der Waals surface area contributed by atoms with E-state index in [-0.39, 0.29) is 6.04 Å². The Hall–Kier alpha value is -1.91. The Kier molecular flexibility index (Phi) is 3.08. The van der Waals surface area contributed by atoms with Crippen LogP contribution in [0.15, 0.2) is 22.8 Å². The van der Waals surface area contributed by atoms with Crippen LogP contribution in [0.25, 0.3) is 0 Å². The minimum atomic E-state index is 0.269. The summed E-state index contributed by atoms with van der Waals surface area (Å²) in [4.78, 5) is 0. The summed E-state index contributed by atoms with van der Waals surface area (Å²) in [6.07, 6.45) is 1.66. The van der Waals surface area contributed by atoms with Crippen LogP contribution in [-0.2, 0) is 6.54 Å². The second-order valence-corrected chi connectivity index (χ2v) is 4.32. The van der Waals surface area contributed by atoms with Crippen molar-refractivity contribution in [2.75, 3.05) is 11.1 Å². The summed E-state index contributed by atoms with van der Waals surface area (Å²) in [5.41, 5.74) is 7.55. The summed E-state index contributed by atoms with van der Waals surface area (Å²) in [5.74, 6) is 1.73. The van der Waals surface area contributed by atoms with Crippen LogP contribution in [0.3, 0.4) is 0 Å². The third-order valence-electron chi connectivity index (χ3n) is 2.63. The van der Waals surface area contributed by atoms with Crippen LogP contribution in [0, 0.1) is 6.92 Å². The van der Waals surface area contributed by atoms with Gasteiger partial charge < -0.3 is 15.5 Å². The van der Waals surface area contributed by atoms with E-state index < -0.39 is 0 Å². The number of rotatable bonds is 4. The fraction of sp³-hybridized carbons (Fsp3) is 0.417. The number of aryl methyl sites for hydroxylation is 1. The van der Waals surface area contributed by atoms with Crippen molar-refractivity contribution in [3.05, 3.63) is 29.9 Å². The van der Waals surface area contributed by atoms with Gasteiger partial charge in [-0.3, -0.25) is 0 Å². The third kappa shape index (κ3) is 2.27. The summed E-state index contributed by atoms with van der Waals surface area (Å²) in [5, 5.41) is 7.68. The van der Waals surface area contributed by atoms with Gasteiger partial charge in [-0.15, -0.1) is 0 Å². The summed E-state index contributed by atoms with van der Waals surface area (Å²) in [7, 11) is 0. The number of hydrogen-bond donors (Lipinski definition) is 2. The van der Waals surface area contributed by atoms with E-state index in [0.717, 1.165) is 17.3 Å². The van der Waals surface area contributed by atoms with Gasteiger partial charge >= 0.3 is 0 Å². The highest BCUT2D eigenvalue weighted by molar-refractivity contribution is 5.64. The van der Waals surface area contributed by atoms with Gasteiger partial charge in [0.1, 0.15) is 11.6 Å². The average molecular weight is 234 g/mol. The first-order chi connectivity index (χ1) is 8.09. The van der Waals surface area contributed by atoms with Gasteiger partial charge in [0.05, 0.1) is 24.2 Å². The van der Waals surface area contributed by atoms with E-state index in [9.17, 15) is 0 Å². The molecule has 2 aromatic heterocycles. The van der Waals surface area contributed by atoms with Crippen LogP contribution in [0.5, 0.6) is 0 Å². The molecule has 92 valence electrons. The molecule has 17 heavy (non-hydrogen) atoms. The molecule has 0 aliphatic heterocycles. The fourth-order valence-corrected chi connectivity index (χ4v) is 1.69. The minimum Gasteiger partial charge on any atom is -0.467 e. The van der Waals surface area contributed by atoms with Crippen LogP contribution in [0.4, 0.5) is 11.5 Å². The molecule has 0 bridgehead atoms. The van der Waals surface area contributed by atoms with Gasteiger partial charge in [0.15, 0.2) is 0 Å². The molecule has 0 aliphatic carbocycles. The van der Waals surface area contributed by atoms with E-state index in [4.69, 9.17) is 10.2 Å². The first-order valence-electron chi connectivity index (χ1n) is 5.70. The Labute approximate surface area is 101 Å². The number of furan rings is 1. The largest absolute Gasteiger partial charge is 0.467 e. The van der Waals surface area contributed by atoms with Gasteiger partial charge in [-0.05, 0) is 32.9 Å². The van der Waals surface area contributed by atoms with E-state index in [2.05, 4.69) is 24.3 Å². The van der Waals surface area contributed by atoms with Gasteiger partial charge in [0, 0.05) is 6.04 Å². The van der Waals surface area contributed by atoms with Crippen molar-refractivity contribution in [2.24, 2.45) is 0 Å². The molecule has 2 heterocycles. The van der Waals surface area contributed by atoms with Crippen LogP contribution >= 0.6 is 0 Å². The number of nitrogens with zero attached hydrogens (tertiary/aromatic N) is 2. The Morgan fingerprint density at radius 3 is 2.88 bits per heavy atom. The van der Waals surface area contributed by atoms with E-state index in [1.54, 1.807) is 6.26 Å². The number of nitrogens with one attached hydrogen (secondary N) is 1. The zero-order chi connectivity index (χ0) is 12.4. The highest BCUT2D eigenvalue weighted by Crippen LogP contribution is 2.25. The molecular weight excluding hydrogens is 216 g/mol. The lowest BCUT2D eigenvalue weighted by Gasteiger charge is -2.12. The maximum absolute atomic E-state index is 6.00. The van der Waals surface area contributed by atoms with Crippen LogP contribution in [-0.4, -0.2) is 9.78 Å². The molecule has 0 radical (unpaired) electrons. The van der Waals surface area contributed by atoms with Crippen molar-refractivity contribution in [2.45, 2.75) is 33.4 Å². The highest BCUT2D eigenvalue weighted by atomic mass is 16.3. The quantitative estimate of drug-likeness (QED) is 0.853. The molecule has 0 fully saturated rings. The van der Waals surface area contributed by atoms with Crippen molar-refractivity contribution in [3.63, 3.8) is 0 Å². The molecule has 0 aliphatic rings. The van der Waals surface area contributed by atoms with Crippen LogP contribution in [0.1, 0.15) is 31.3 Å². The zero-order valence-corrected chi connectivity index (χ0v) is 10.4. The van der Waals surface area contributed by atoms with Crippen molar-refractivity contribution in [3.8, 4) is 0 Å². The second-order valence-electron chi connectivity index (χ2n) is 4.32. The maximum atomic E-state index is 6.00. The average Bonchev–Trinajstić information content (AvgIpc) is 2.87. The SMILES string of the molecule is Cc1nn(C(C)C)c(NCc2ccco2)c1N. The smallest absolute Gasteiger partial charge is 0.148 e. The lowest BCUT2D eigenvalue weighted by atomic mass is 10.3. The Morgan fingerprint density at radius 2 is 2.29 bits per heavy atom. The summed E-state index contributed by atoms with van der Waals surface area (Å²) >= 11 is 0. The van der Waals surface area contributed by atoms with Crippen molar-refractivity contribution >= 4 is 11.5 Å². The Bertz CT molecular complexity index is 485. The molecule has 0 saturated carbocycles. The fourth-order valence-electron chi connectivity index (χ4n) is 1.69. The highest BCUT2D eigenvalue weighted by Gasteiger charge is 2.14. The Morgan fingerprint density at radius 1 is 1.53 bits per heavy atom. The van der Waals surface area contributed by atoms with Crippen molar-refractivity contribution in [1.29, 1.82) is 0 Å². The molecule has 0 unspecified atom stereocenters. The summed E-state index contributed by atoms with van der Waals surface area (Å²) in [6, 6.07) is 4.06. The van der Waals surface area contributed by atoms with Gasteiger partial charge in [-0.25, -0.2) is 4.68 Å².